The number of amides is 1. The molecule has 0 N–H and O–H groups in total. The van der Waals surface area contributed by atoms with Gasteiger partial charge in [0.2, 0.25) is 5.91 Å². The summed E-state index contributed by atoms with van der Waals surface area (Å²) >= 11 is 2.82. The molecule has 0 saturated carbocycles. The number of hydrogen-bond acceptors (Lipinski definition) is 6. The van der Waals surface area contributed by atoms with Crippen LogP contribution in [0.1, 0.15) is 22.4 Å². The molecule has 0 saturated heterocycles. The summed E-state index contributed by atoms with van der Waals surface area (Å²) in [7, 11) is 3.36. The standard InChI is InChI=1S/C21H21F2N3O3S2/c1-25(10-12-6-8-13(9-7-12)29-20(22)23)16(27)11-30-21-24-18-17(19(28)26(21)2)14-4-3-5-15(14)31-18/h6-9,20H,3-5,10-11H2,1-2H3. The summed E-state index contributed by atoms with van der Waals surface area (Å²) in [5, 5.41) is 1.25. The van der Waals surface area contributed by atoms with E-state index >= 15 is 0 Å². The van der Waals surface area contributed by atoms with Gasteiger partial charge in [-0.2, -0.15) is 8.78 Å². The van der Waals surface area contributed by atoms with Crippen LogP contribution in [0.5, 0.6) is 5.75 Å². The molecule has 0 radical (unpaired) electrons. The smallest absolute Gasteiger partial charge is 0.387 e. The van der Waals surface area contributed by atoms with Gasteiger partial charge in [0.25, 0.3) is 5.56 Å². The summed E-state index contributed by atoms with van der Waals surface area (Å²) in [6, 6.07) is 6.18. The second kappa shape index (κ2) is 8.96. The highest BCUT2D eigenvalue weighted by Gasteiger charge is 2.23. The van der Waals surface area contributed by atoms with Gasteiger partial charge >= 0.3 is 6.61 Å². The third-order valence-electron chi connectivity index (χ3n) is 5.22. The first kappa shape index (κ1) is 21.8. The fraction of sp³-hybridized carbons (Fsp3) is 0.381. The molecule has 0 bridgehead atoms. The van der Waals surface area contributed by atoms with Crippen molar-refractivity contribution in [3.05, 3.63) is 50.6 Å². The van der Waals surface area contributed by atoms with Crippen molar-refractivity contribution in [3.8, 4) is 5.75 Å². The predicted octanol–water partition coefficient (Wildman–Crippen LogP) is 3.84. The van der Waals surface area contributed by atoms with E-state index in [4.69, 9.17) is 0 Å². The fourth-order valence-corrected chi connectivity index (χ4v) is 5.82. The number of benzene rings is 1. The average Bonchev–Trinajstić information content (AvgIpc) is 3.31. The Morgan fingerprint density at radius 2 is 2.06 bits per heavy atom. The van der Waals surface area contributed by atoms with Gasteiger partial charge in [0.15, 0.2) is 5.16 Å². The highest BCUT2D eigenvalue weighted by atomic mass is 32.2. The number of rotatable bonds is 7. The van der Waals surface area contributed by atoms with E-state index < -0.39 is 6.61 Å². The molecule has 164 valence electrons. The fourth-order valence-electron chi connectivity index (χ4n) is 3.61. The Balaban J connectivity index is 1.41. The predicted molar refractivity (Wildman–Crippen MR) is 117 cm³/mol. The number of hydrogen-bond donors (Lipinski definition) is 0. The highest BCUT2D eigenvalue weighted by molar-refractivity contribution is 7.99. The van der Waals surface area contributed by atoms with Crippen LogP contribution in [-0.4, -0.2) is 39.8 Å². The summed E-state index contributed by atoms with van der Waals surface area (Å²) < 4.78 is 30.3. The molecular formula is C21H21F2N3O3S2. The van der Waals surface area contributed by atoms with E-state index in [9.17, 15) is 18.4 Å². The molecule has 4 rings (SSSR count). The van der Waals surface area contributed by atoms with Gasteiger partial charge in [0, 0.05) is 25.5 Å². The van der Waals surface area contributed by atoms with Crippen LogP contribution in [0.15, 0.2) is 34.2 Å². The quantitative estimate of drug-likeness (QED) is 0.392. The van der Waals surface area contributed by atoms with E-state index in [2.05, 4.69) is 9.72 Å². The topological polar surface area (TPSA) is 64.4 Å². The molecule has 1 aliphatic carbocycles. The summed E-state index contributed by atoms with van der Waals surface area (Å²) in [5.74, 6) is 0.0890. The van der Waals surface area contributed by atoms with Crippen molar-refractivity contribution in [1.82, 2.24) is 14.5 Å². The zero-order valence-electron chi connectivity index (χ0n) is 17.1. The maximum absolute atomic E-state index is 12.8. The Morgan fingerprint density at radius 1 is 1.32 bits per heavy atom. The van der Waals surface area contributed by atoms with E-state index in [0.717, 1.165) is 40.6 Å². The second-order valence-corrected chi connectivity index (χ2v) is 9.38. The molecule has 10 heteroatoms. The number of thioether (sulfide) groups is 1. The van der Waals surface area contributed by atoms with Gasteiger partial charge in [0.05, 0.1) is 11.1 Å². The number of ether oxygens (including phenoxy) is 1. The lowest BCUT2D eigenvalue weighted by molar-refractivity contribution is -0.127. The van der Waals surface area contributed by atoms with Gasteiger partial charge in [-0.1, -0.05) is 23.9 Å². The summed E-state index contributed by atoms with van der Waals surface area (Å²) in [6.07, 6.45) is 3.01. The molecule has 31 heavy (non-hydrogen) atoms. The van der Waals surface area contributed by atoms with E-state index in [1.165, 1.54) is 33.3 Å². The number of aryl methyl sites for hydroxylation is 2. The van der Waals surface area contributed by atoms with Crippen molar-refractivity contribution in [3.63, 3.8) is 0 Å². The lowest BCUT2D eigenvalue weighted by Gasteiger charge is -2.17. The van der Waals surface area contributed by atoms with Crippen LogP contribution in [0, 0.1) is 0 Å². The van der Waals surface area contributed by atoms with Gasteiger partial charge < -0.3 is 9.64 Å². The van der Waals surface area contributed by atoms with Crippen LogP contribution in [-0.2, 0) is 31.2 Å². The lowest BCUT2D eigenvalue weighted by Crippen LogP contribution is -2.28. The monoisotopic (exact) mass is 465 g/mol. The van der Waals surface area contributed by atoms with E-state index in [-0.39, 0.29) is 23.0 Å². The number of halogens is 2. The Kier molecular flexibility index (Phi) is 6.29. The molecule has 2 aromatic heterocycles. The second-order valence-electron chi connectivity index (χ2n) is 7.36. The molecular weight excluding hydrogens is 444 g/mol. The first-order valence-electron chi connectivity index (χ1n) is 9.75. The lowest BCUT2D eigenvalue weighted by atomic mass is 10.2. The van der Waals surface area contributed by atoms with Crippen LogP contribution in [0.4, 0.5) is 8.78 Å². The number of nitrogens with zero attached hydrogens (tertiary/aromatic N) is 3. The Morgan fingerprint density at radius 3 is 2.77 bits per heavy atom. The van der Waals surface area contributed by atoms with Crippen molar-refractivity contribution in [2.24, 2.45) is 7.05 Å². The number of fused-ring (bicyclic) bond motifs is 3. The van der Waals surface area contributed by atoms with Gasteiger partial charge in [-0.15, -0.1) is 11.3 Å². The summed E-state index contributed by atoms with van der Waals surface area (Å²) in [6.45, 7) is -2.54. The molecule has 0 fully saturated rings. The maximum Gasteiger partial charge on any atom is 0.387 e. The van der Waals surface area contributed by atoms with E-state index in [1.54, 1.807) is 42.5 Å². The van der Waals surface area contributed by atoms with Gasteiger partial charge in [-0.3, -0.25) is 14.2 Å². The maximum atomic E-state index is 12.8. The van der Waals surface area contributed by atoms with Crippen molar-refractivity contribution < 1.29 is 18.3 Å². The van der Waals surface area contributed by atoms with Gasteiger partial charge in [-0.05, 0) is 42.5 Å². The minimum atomic E-state index is -2.87. The minimum Gasteiger partial charge on any atom is -0.435 e. The third kappa shape index (κ3) is 4.59. The third-order valence-corrected chi connectivity index (χ3v) is 7.42. The Hall–Kier alpha value is -2.46. The van der Waals surface area contributed by atoms with Crippen LogP contribution in [0.2, 0.25) is 0 Å². The van der Waals surface area contributed by atoms with Crippen molar-refractivity contribution >= 4 is 39.2 Å². The number of carbonyl (C=O) groups is 1. The molecule has 2 heterocycles. The summed E-state index contributed by atoms with van der Waals surface area (Å²) in [4.78, 5) is 33.6. The Labute approximate surface area is 185 Å². The van der Waals surface area contributed by atoms with Crippen molar-refractivity contribution in [1.29, 1.82) is 0 Å². The molecule has 0 aliphatic heterocycles. The molecule has 0 atom stereocenters. The molecule has 0 spiro atoms. The van der Waals surface area contributed by atoms with Crippen LogP contribution < -0.4 is 10.3 Å². The molecule has 1 amide bonds. The number of thiophene rings is 1. The van der Waals surface area contributed by atoms with Gasteiger partial charge in [-0.25, -0.2) is 4.98 Å². The molecule has 6 nitrogen and oxygen atoms in total. The number of aromatic nitrogens is 2. The van der Waals surface area contributed by atoms with E-state index in [0.29, 0.717) is 11.7 Å². The Bertz CT molecular complexity index is 1180. The van der Waals surface area contributed by atoms with Crippen LogP contribution >= 0.6 is 23.1 Å². The van der Waals surface area contributed by atoms with Crippen LogP contribution in [0.25, 0.3) is 10.2 Å². The van der Waals surface area contributed by atoms with Crippen molar-refractivity contribution in [2.75, 3.05) is 12.8 Å². The zero-order valence-corrected chi connectivity index (χ0v) is 18.7. The first-order chi connectivity index (χ1) is 14.8. The molecule has 0 unspecified atom stereocenters. The highest BCUT2D eigenvalue weighted by Crippen LogP contribution is 2.35. The molecule has 1 aliphatic rings. The van der Waals surface area contributed by atoms with E-state index in [1.807, 2.05) is 0 Å². The average molecular weight is 466 g/mol. The molecule has 1 aromatic carbocycles. The number of carbonyl (C=O) groups excluding carboxylic acids is 1. The largest absolute Gasteiger partial charge is 0.435 e. The van der Waals surface area contributed by atoms with Crippen LogP contribution in [0.3, 0.4) is 0 Å². The number of alkyl halides is 2. The normalized spacial score (nSPS) is 13.1. The first-order valence-corrected chi connectivity index (χ1v) is 11.6. The van der Waals surface area contributed by atoms with Gasteiger partial charge in [0.1, 0.15) is 10.6 Å². The SMILES string of the molecule is CN(Cc1ccc(OC(F)F)cc1)C(=O)CSc1nc2sc3c(c2c(=O)n1C)CCC3. The molecule has 3 aromatic rings. The summed E-state index contributed by atoms with van der Waals surface area (Å²) in [5.41, 5.74) is 1.88. The minimum absolute atomic E-state index is 0.0567. The van der Waals surface area contributed by atoms with Crippen molar-refractivity contribution in [2.45, 2.75) is 37.6 Å². The zero-order chi connectivity index (χ0) is 22.1.